The van der Waals surface area contributed by atoms with E-state index in [1.165, 1.54) is 17.3 Å². The van der Waals surface area contributed by atoms with E-state index >= 15 is 0 Å². The summed E-state index contributed by atoms with van der Waals surface area (Å²) in [5.74, 6) is -0.938. The van der Waals surface area contributed by atoms with E-state index < -0.39 is 5.97 Å². The number of nitrogens with zero attached hydrogens (tertiary/aromatic N) is 2. The van der Waals surface area contributed by atoms with Crippen LogP contribution in [0.4, 0.5) is 11.4 Å². The highest BCUT2D eigenvalue weighted by Crippen LogP contribution is 2.35. The molecular formula is C16H16N2O2. The van der Waals surface area contributed by atoms with Crippen LogP contribution in [0.3, 0.4) is 0 Å². The van der Waals surface area contributed by atoms with Crippen molar-refractivity contribution >= 4 is 17.3 Å². The average molecular weight is 268 g/mol. The maximum Gasteiger partial charge on any atom is 0.339 e. The van der Waals surface area contributed by atoms with E-state index in [1.54, 1.807) is 12.3 Å². The van der Waals surface area contributed by atoms with Gasteiger partial charge in [0.1, 0.15) is 5.56 Å². The summed E-state index contributed by atoms with van der Waals surface area (Å²) in [7, 11) is 0. The number of aromatic carboxylic acids is 1. The van der Waals surface area contributed by atoms with Crippen molar-refractivity contribution in [2.75, 3.05) is 11.4 Å². The number of pyridine rings is 1. The van der Waals surface area contributed by atoms with Crippen LogP contribution in [0.1, 0.15) is 27.9 Å². The lowest BCUT2D eigenvalue weighted by atomic mass is 9.98. The number of benzene rings is 1. The molecule has 3 rings (SSSR count). The Morgan fingerprint density at radius 3 is 2.95 bits per heavy atom. The molecule has 2 heterocycles. The minimum absolute atomic E-state index is 0.251. The SMILES string of the molecule is Cc1ccc2c(c1)CCCN2c1ccncc1C(=O)O. The van der Waals surface area contributed by atoms with Gasteiger partial charge in [-0.2, -0.15) is 0 Å². The zero-order chi connectivity index (χ0) is 14.1. The van der Waals surface area contributed by atoms with Crippen LogP contribution in [-0.2, 0) is 6.42 Å². The average Bonchev–Trinajstić information content (AvgIpc) is 2.46. The van der Waals surface area contributed by atoms with Gasteiger partial charge in [-0.15, -0.1) is 0 Å². The molecule has 0 saturated carbocycles. The Hall–Kier alpha value is -2.36. The van der Waals surface area contributed by atoms with Crippen LogP contribution in [0.2, 0.25) is 0 Å². The van der Waals surface area contributed by atoms with Crippen LogP contribution in [0.15, 0.2) is 36.7 Å². The first-order chi connectivity index (χ1) is 9.66. The first-order valence-corrected chi connectivity index (χ1v) is 6.71. The summed E-state index contributed by atoms with van der Waals surface area (Å²) in [5, 5.41) is 9.32. The van der Waals surface area contributed by atoms with Crippen molar-refractivity contribution in [2.24, 2.45) is 0 Å². The van der Waals surface area contributed by atoms with E-state index in [-0.39, 0.29) is 5.56 Å². The van der Waals surface area contributed by atoms with Crippen molar-refractivity contribution in [1.29, 1.82) is 0 Å². The normalized spacial score (nSPS) is 13.9. The number of carboxylic acids is 1. The van der Waals surface area contributed by atoms with Crippen LogP contribution in [0.5, 0.6) is 0 Å². The minimum Gasteiger partial charge on any atom is -0.478 e. The molecule has 0 bridgehead atoms. The molecule has 1 aliphatic heterocycles. The van der Waals surface area contributed by atoms with Crippen LogP contribution < -0.4 is 4.90 Å². The Morgan fingerprint density at radius 1 is 1.30 bits per heavy atom. The molecule has 0 atom stereocenters. The molecule has 2 aromatic rings. The van der Waals surface area contributed by atoms with Crippen LogP contribution in [-0.4, -0.2) is 22.6 Å². The van der Waals surface area contributed by atoms with E-state index in [9.17, 15) is 9.90 Å². The standard InChI is InChI=1S/C16H16N2O2/c1-11-4-5-14-12(9-11)3-2-8-18(14)15-6-7-17-10-13(15)16(19)20/h4-7,9-10H,2-3,8H2,1H3,(H,19,20). The Labute approximate surface area is 117 Å². The van der Waals surface area contributed by atoms with Gasteiger partial charge >= 0.3 is 5.97 Å². The van der Waals surface area contributed by atoms with Gasteiger partial charge in [-0.25, -0.2) is 4.79 Å². The lowest BCUT2D eigenvalue weighted by Crippen LogP contribution is -2.26. The molecule has 0 spiro atoms. The zero-order valence-electron chi connectivity index (χ0n) is 11.3. The molecule has 1 aromatic heterocycles. The van der Waals surface area contributed by atoms with Crippen LogP contribution >= 0.6 is 0 Å². The van der Waals surface area contributed by atoms with Gasteiger partial charge in [0, 0.05) is 24.6 Å². The van der Waals surface area contributed by atoms with E-state index in [0.29, 0.717) is 0 Å². The lowest BCUT2D eigenvalue weighted by molar-refractivity contribution is 0.0697. The monoisotopic (exact) mass is 268 g/mol. The summed E-state index contributed by atoms with van der Waals surface area (Å²) in [6.45, 7) is 2.91. The Bertz CT molecular complexity index is 667. The number of fused-ring (bicyclic) bond motifs is 1. The quantitative estimate of drug-likeness (QED) is 0.909. The van der Waals surface area contributed by atoms with Crippen LogP contribution in [0, 0.1) is 6.92 Å². The van der Waals surface area contributed by atoms with Gasteiger partial charge in [0.2, 0.25) is 0 Å². The second-order valence-electron chi connectivity index (χ2n) is 5.09. The van der Waals surface area contributed by atoms with Crippen molar-refractivity contribution in [2.45, 2.75) is 19.8 Å². The number of carbonyl (C=O) groups is 1. The van der Waals surface area contributed by atoms with E-state index in [0.717, 1.165) is 30.8 Å². The van der Waals surface area contributed by atoms with Crippen molar-refractivity contribution < 1.29 is 9.90 Å². The highest BCUT2D eigenvalue weighted by atomic mass is 16.4. The molecule has 0 unspecified atom stereocenters. The molecule has 4 heteroatoms. The minimum atomic E-state index is -0.938. The van der Waals surface area contributed by atoms with E-state index in [4.69, 9.17) is 0 Å². The van der Waals surface area contributed by atoms with Crippen molar-refractivity contribution in [1.82, 2.24) is 4.98 Å². The number of hydrogen-bond donors (Lipinski definition) is 1. The lowest BCUT2D eigenvalue weighted by Gasteiger charge is -2.32. The molecule has 0 fully saturated rings. The molecule has 0 amide bonds. The number of rotatable bonds is 2. The number of aryl methyl sites for hydroxylation is 2. The Morgan fingerprint density at radius 2 is 2.15 bits per heavy atom. The number of carboxylic acid groups (broad SMARTS) is 1. The molecule has 102 valence electrons. The van der Waals surface area contributed by atoms with E-state index in [2.05, 4.69) is 35.0 Å². The summed E-state index contributed by atoms with van der Waals surface area (Å²) in [4.78, 5) is 17.4. The smallest absolute Gasteiger partial charge is 0.339 e. The highest BCUT2D eigenvalue weighted by molar-refractivity contribution is 5.95. The van der Waals surface area contributed by atoms with Crippen LogP contribution in [0.25, 0.3) is 0 Å². The van der Waals surface area contributed by atoms with E-state index in [1.807, 2.05) is 0 Å². The summed E-state index contributed by atoms with van der Waals surface area (Å²) in [6, 6.07) is 8.11. The zero-order valence-corrected chi connectivity index (χ0v) is 11.3. The summed E-state index contributed by atoms with van der Waals surface area (Å²) < 4.78 is 0. The Balaban J connectivity index is 2.12. The first-order valence-electron chi connectivity index (χ1n) is 6.71. The topological polar surface area (TPSA) is 53.4 Å². The van der Waals surface area contributed by atoms with Gasteiger partial charge in [-0.1, -0.05) is 17.7 Å². The fourth-order valence-corrected chi connectivity index (χ4v) is 2.76. The number of anilines is 2. The van der Waals surface area contributed by atoms with Crippen molar-refractivity contribution in [3.05, 3.63) is 53.3 Å². The van der Waals surface area contributed by atoms with Gasteiger partial charge < -0.3 is 10.0 Å². The summed E-state index contributed by atoms with van der Waals surface area (Å²) in [6.07, 6.45) is 5.13. The van der Waals surface area contributed by atoms with Gasteiger partial charge in [-0.05, 0) is 37.5 Å². The van der Waals surface area contributed by atoms with Gasteiger partial charge in [0.15, 0.2) is 0 Å². The predicted molar refractivity (Wildman–Crippen MR) is 77.7 cm³/mol. The van der Waals surface area contributed by atoms with Gasteiger partial charge in [0.05, 0.1) is 5.69 Å². The number of hydrogen-bond acceptors (Lipinski definition) is 3. The fraction of sp³-hybridized carbons (Fsp3) is 0.250. The fourth-order valence-electron chi connectivity index (χ4n) is 2.76. The summed E-state index contributed by atoms with van der Waals surface area (Å²) >= 11 is 0. The van der Waals surface area contributed by atoms with Crippen molar-refractivity contribution in [3.8, 4) is 0 Å². The first kappa shape index (κ1) is 12.7. The molecule has 1 N–H and O–H groups in total. The maximum atomic E-state index is 11.4. The summed E-state index contributed by atoms with van der Waals surface area (Å²) in [5.41, 5.74) is 4.59. The molecule has 4 nitrogen and oxygen atoms in total. The maximum absolute atomic E-state index is 11.4. The molecule has 0 aliphatic carbocycles. The Kier molecular flexibility index (Phi) is 3.14. The predicted octanol–water partition coefficient (Wildman–Crippen LogP) is 3.17. The number of aromatic nitrogens is 1. The molecule has 1 aliphatic rings. The third kappa shape index (κ3) is 2.13. The third-order valence-corrected chi connectivity index (χ3v) is 3.67. The third-order valence-electron chi connectivity index (χ3n) is 3.67. The second kappa shape index (κ2) is 4.96. The highest BCUT2D eigenvalue weighted by Gasteiger charge is 2.22. The molecular weight excluding hydrogens is 252 g/mol. The molecule has 20 heavy (non-hydrogen) atoms. The van der Waals surface area contributed by atoms with Crippen molar-refractivity contribution in [3.63, 3.8) is 0 Å². The molecule has 0 saturated heterocycles. The van der Waals surface area contributed by atoms with Gasteiger partial charge in [0.25, 0.3) is 0 Å². The van der Waals surface area contributed by atoms with Gasteiger partial charge in [-0.3, -0.25) is 4.98 Å². The molecule has 1 aromatic carbocycles. The largest absolute Gasteiger partial charge is 0.478 e. The second-order valence-corrected chi connectivity index (χ2v) is 5.09. The molecule has 0 radical (unpaired) electrons.